The zero-order valence-corrected chi connectivity index (χ0v) is 30.8. The number of anilines is 2. The van der Waals surface area contributed by atoms with E-state index >= 15 is 0 Å². The highest BCUT2D eigenvalue weighted by Crippen LogP contribution is 2.27. The van der Waals surface area contributed by atoms with Crippen LogP contribution in [0.15, 0.2) is 164 Å². The lowest BCUT2D eigenvalue weighted by Crippen LogP contribution is -2.25. The third-order valence-electron chi connectivity index (χ3n) is 8.50. The van der Waals surface area contributed by atoms with Crippen LogP contribution in [0.5, 0.6) is 0 Å². The normalized spacial score (nSPS) is 12.8. The van der Waals surface area contributed by atoms with E-state index in [1.54, 1.807) is 24.3 Å². The number of ether oxygens (including phenoxy) is 1. The van der Waals surface area contributed by atoms with Gasteiger partial charge in [0.1, 0.15) is 29.2 Å². The monoisotopic (exact) mass is 730 g/mol. The summed E-state index contributed by atoms with van der Waals surface area (Å²) in [5.41, 5.74) is 7.09. The highest BCUT2D eigenvalue weighted by atomic mass is 16.5. The van der Waals surface area contributed by atoms with E-state index in [1.807, 2.05) is 135 Å². The van der Waals surface area contributed by atoms with Crippen LogP contribution < -0.4 is 9.80 Å². The van der Waals surface area contributed by atoms with Gasteiger partial charge in [0.25, 0.3) is 0 Å². The van der Waals surface area contributed by atoms with E-state index in [9.17, 15) is 20.7 Å². The number of rotatable bonds is 16. The summed E-state index contributed by atoms with van der Waals surface area (Å²) in [5, 5.41) is 55.1. The molecule has 0 unspecified atom stereocenters. The molecule has 0 amide bonds. The Morgan fingerprint density at radius 2 is 0.909 bits per heavy atom. The summed E-state index contributed by atoms with van der Waals surface area (Å²) in [7, 11) is 0. The van der Waals surface area contributed by atoms with Crippen LogP contribution >= 0.6 is 0 Å². The number of aliphatic hydroxyl groups is 2. The number of nitriles is 2. The number of nitrogens with zero attached hydrogens (tertiary/aromatic N) is 8. The van der Waals surface area contributed by atoms with Crippen molar-refractivity contribution in [1.82, 2.24) is 0 Å². The Bertz CT molecular complexity index is 2030. The standard InChI is InChI=1S/C44H42N8O3/c1-3-51(25-27-53)41-19-15-39(16-20-41)49-47-37-11-5-33(6-12-37)9-23-43-29-35(36(31-45)32-46)30-44(55-43)24-10-34-7-13-38(14-8-34)48-50-40-17-21-42(22-18-40)52(4-2)26-28-54/h5-24,29-30,53-54H,3-4,25-28H2,1-2H3/b23-9+,24-10+,49-47?,50-48?. The quantitative estimate of drug-likeness (QED) is 0.0859. The molecule has 4 aromatic carbocycles. The smallest absolute Gasteiger partial charge is 0.137 e. The minimum absolute atomic E-state index is 0.0190. The minimum Gasteiger partial charge on any atom is -0.457 e. The molecule has 0 saturated carbocycles. The molecule has 0 radical (unpaired) electrons. The van der Waals surface area contributed by atoms with Crippen LogP contribution in [0.1, 0.15) is 25.0 Å². The Morgan fingerprint density at radius 1 is 0.564 bits per heavy atom. The Morgan fingerprint density at radius 3 is 1.22 bits per heavy atom. The SMILES string of the molecule is CCN(CCO)c1ccc(N=Nc2ccc(/C=C/C3=CC(=C(C#N)C#N)C=C(/C=C/c4ccc(N=Nc5ccc(N(CC)CCO)cc5)cc4)O3)cc2)cc1. The van der Waals surface area contributed by atoms with Gasteiger partial charge in [-0.2, -0.15) is 31.0 Å². The summed E-state index contributed by atoms with van der Waals surface area (Å²) in [6.07, 6.45) is 10.6. The minimum atomic E-state index is -0.0190. The van der Waals surface area contributed by atoms with Crippen molar-refractivity contribution in [3.05, 3.63) is 155 Å². The maximum Gasteiger partial charge on any atom is 0.137 e. The van der Waals surface area contributed by atoms with Crippen LogP contribution in [0.3, 0.4) is 0 Å². The van der Waals surface area contributed by atoms with Gasteiger partial charge >= 0.3 is 0 Å². The van der Waals surface area contributed by atoms with Gasteiger partial charge in [0.15, 0.2) is 0 Å². The summed E-state index contributed by atoms with van der Waals surface area (Å²) >= 11 is 0. The van der Waals surface area contributed by atoms with Crippen molar-refractivity contribution in [2.75, 3.05) is 49.2 Å². The number of benzene rings is 4. The topological polar surface area (TPSA) is 153 Å². The molecular weight excluding hydrogens is 689 g/mol. The molecular formula is C44H42N8O3. The first-order valence-electron chi connectivity index (χ1n) is 17.9. The second-order valence-electron chi connectivity index (χ2n) is 12.1. The predicted molar refractivity (Wildman–Crippen MR) is 218 cm³/mol. The lowest BCUT2D eigenvalue weighted by Gasteiger charge is -2.21. The summed E-state index contributed by atoms with van der Waals surface area (Å²) in [4.78, 5) is 4.16. The van der Waals surface area contributed by atoms with Gasteiger partial charge in [-0.25, -0.2) is 0 Å². The number of aliphatic hydroxyl groups excluding tert-OH is 2. The van der Waals surface area contributed by atoms with Crippen LogP contribution in [0.25, 0.3) is 12.2 Å². The predicted octanol–water partition coefficient (Wildman–Crippen LogP) is 10.0. The van der Waals surface area contributed by atoms with Gasteiger partial charge in [0.05, 0.1) is 36.0 Å². The molecule has 0 aliphatic carbocycles. The van der Waals surface area contributed by atoms with Crippen LogP contribution in [-0.4, -0.2) is 49.6 Å². The maximum atomic E-state index is 9.56. The van der Waals surface area contributed by atoms with Crippen molar-refractivity contribution < 1.29 is 14.9 Å². The molecule has 1 heterocycles. The molecule has 1 aliphatic heterocycles. The maximum absolute atomic E-state index is 9.56. The van der Waals surface area contributed by atoms with Crippen molar-refractivity contribution in [3.8, 4) is 12.1 Å². The first-order chi connectivity index (χ1) is 26.9. The molecule has 276 valence electrons. The fraction of sp³-hybridized carbons (Fsp3) is 0.182. The van der Waals surface area contributed by atoms with Gasteiger partial charge in [-0.05, 0) is 122 Å². The molecule has 0 fully saturated rings. The Hall–Kier alpha value is -6.92. The summed E-state index contributed by atoms with van der Waals surface area (Å²) in [6.45, 7) is 7.03. The Balaban J connectivity index is 1.21. The van der Waals surface area contributed by atoms with Crippen molar-refractivity contribution in [2.45, 2.75) is 13.8 Å². The fourth-order valence-corrected chi connectivity index (χ4v) is 5.54. The molecule has 2 N–H and O–H groups in total. The molecule has 0 bridgehead atoms. The highest BCUT2D eigenvalue weighted by molar-refractivity contribution is 5.62. The van der Waals surface area contributed by atoms with Gasteiger partial charge in [-0.3, -0.25) is 0 Å². The van der Waals surface area contributed by atoms with Crippen molar-refractivity contribution in [2.24, 2.45) is 20.5 Å². The average molecular weight is 731 g/mol. The Labute approximate surface area is 321 Å². The van der Waals surface area contributed by atoms with Gasteiger partial charge in [-0.15, -0.1) is 0 Å². The van der Waals surface area contributed by atoms with E-state index in [1.165, 1.54) is 0 Å². The molecule has 0 saturated heterocycles. The molecule has 11 heteroatoms. The second kappa shape index (κ2) is 20.4. The van der Waals surface area contributed by atoms with Crippen LogP contribution in [0, 0.1) is 22.7 Å². The van der Waals surface area contributed by atoms with Crippen LogP contribution in [0.2, 0.25) is 0 Å². The first kappa shape index (κ1) is 39.3. The van der Waals surface area contributed by atoms with Gasteiger partial charge < -0.3 is 24.7 Å². The van der Waals surface area contributed by atoms with E-state index < -0.39 is 0 Å². The van der Waals surface area contributed by atoms with E-state index in [2.05, 4.69) is 30.3 Å². The molecule has 0 spiro atoms. The van der Waals surface area contributed by atoms with Crippen molar-refractivity contribution >= 4 is 46.3 Å². The van der Waals surface area contributed by atoms with Gasteiger partial charge in [-0.1, -0.05) is 36.4 Å². The van der Waals surface area contributed by atoms with E-state index in [4.69, 9.17) is 4.74 Å². The van der Waals surface area contributed by atoms with Crippen molar-refractivity contribution in [1.29, 1.82) is 10.5 Å². The number of hydrogen-bond acceptors (Lipinski definition) is 11. The van der Waals surface area contributed by atoms with Gasteiger partial charge in [0, 0.05) is 43.1 Å². The lowest BCUT2D eigenvalue weighted by atomic mass is 10.1. The fourth-order valence-electron chi connectivity index (χ4n) is 5.54. The number of azo groups is 2. The highest BCUT2D eigenvalue weighted by Gasteiger charge is 2.12. The van der Waals surface area contributed by atoms with E-state index in [-0.39, 0.29) is 18.8 Å². The average Bonchev–Trinajstić information content (AvgIpc) is 3.23. The third-order valence-corrected chi connectivity index (χ3v) is 8.50. The molecule has 0 aromatic heterocycles. The number of likely N-dealkylation sites (N-methyl/N-ethyl adjacent to an activating group) is 2. The second-order valence-corrected chi connectivity index (χ2v) is 12.1. The zero-order chi connectivity index (χ0) is 38.8. The lowest BCUT2D eigenvalue weighted by molar-refractivity contribution is 0.302. The van der Waals surface area contributed by atoms with Crippen molar-refractivity contribution in [3.63, 3.8) is 0 Å². The zero-order valence-electron chi connectivity index (χ0n) is 30.8. The molecule has 0 atom stereocenters. The molecule has 55 heavy (non-hydrogen) atoms. The van der Waals surface area contributed by atoms with Gasteiger partial charge in [0.2, 0.25) is 0 Å². The largest absolute Gasteiger partial charge is 0.457 e. The van der Waals surface area contributed by atoms with Crippen LogP contribution in [-0.2, 0) is 4.74 Å². The molecule has 4 aromatic rings. The summed E-state index contributed by atoms with van der Waals surface area (Å²) in [5.74, 6) is 0.931. The molecule has 11 nitrogen and oxygen atoms in total. The molecule has 5 rings (SSSR count). The Kier molecular flexibility index (Phi) is 14.5. The third kappa shape index (κ3) is 11.5. The number of hydrogen-bond donors (Lipinski definition) is 2. The summed E-state index contributed by atoms with van der Waals surface area (Å²) in [6, 6.07) is 34.5. The van der Waals surface area contributed by atoms with E-state index in [0.29, 0.717) is 41.6 Å². The first-order valence-corrected chi connectivity index (χ1v) is 17.9. The summed E-state index contributed by atoms with van der Waals surface area (Å²) < 4.78 is 6.11. The van der Waals surface area contributed by atoms with E-state index in [0.717, 1.165) is 47.0 Å². The number of allylic oxidation sites excluding steroid dienone is 6. The van der Waals surface area contributed by atoms with Crippen LogP contribution in [0.4, 0.5) is 34.1 Å². The molecule has 1 aliphatic rings.